The summed E-state index contributed by atoms with van der Waals surface area (Å²) in [6.45, 7) is 3.51. The summed E-state index contributed by atoms with van der Waals surface area (Å²) in [5.41, 5.74) is 0.917. The van der Waals surface area contributed by atoms with E-state index in [4.69, 9.17) is 4.42 Å². The molecule has 0 aliphatic carbocycles. The summed E-state index contributed by atoms with van der Waals surface area (Å²) >= 11 is 0. The maximum atomic E-state index is 13.2. The molecule has 0 saturated carbocycles. The molecule has 1 unspecified atom stereocenters. The topological polar surface area (TPSA) is 101 Å². The highest BCUT2D eigenvalue weighted by atomic mass is 16.4. The Morgan fingerprint density at radius 2 is 1.91 bits per heavy atom. The molecule has 1 fully saturated rings. The predicted molar refractivity (Wildman–Crippen MR) is 125 cm³/mol. The zero-order chi connectivity index (χ0) is 23.9. The number of amides is 3. The summed E-state index contributed by atoms with van der Waals surface area (Å²) < 4.78 is 7.49. The Bertz CT molecular complexity index is 1110. The number of benzene rings is 1. The Kier molecular flexibility index (Phi) is 7.41. The predicted octanol–water partition coefficient (Wildman–Crippen LogP) is 2.47. The van der Waals surface area contributed by atoms with Gasteiger partial charge in [-0.3, -0.25) is 19.1 Å². The van der Waals surface area contributed by atoms with Crippen molar-refractivity contribution in [1.29, 1.82) is 0 Å². The van der Waals surface area contributed by atoms with E-state index in [1.54, 1.807) is 32.8 Å². The molecule has 9 heteroatoms. The first-order valence-corrected chi connectivity index (χ1v) is 11.5. The number of nitrogens with one attached hydrogen (secondary N) is 1. The normalized spacial score (nSPS) is 17.7. The molecule has 3 aromatic rings. The lowest BCUT2D eigenvalue weighted by Gasteiger charge is -2.31. The summed E-state index contributed by atoms with van der Waals surface area (Å²) in [7, 11) is 0. The second kappa shape index (κ2) is 10.8. The summed E-state index contributed by atoms with van der Waals surface area (Å²) in [6, 6.07) is 14.5. The lowest BCUT2D eigenvalue weighted by Crippen LogP contribution is -2.39. The van der Waals surface area contributed by atoms with E-state index in [1.807, 2.05) is 42.6 Å². The molecule has 0 radical (unpaired) electrons. The summed E-state index contributed by atoms with van der Waals surface area (Å²) in [5.74, 6) is 0.372. The Hall–Kier alpha value is -3.88. The standard InChI is InChI=1S/C25H29N5O4/c1-19(31)30-15-6-13-28(16-12-26-24(32)17-22(30)20-7-3-2-4-8-20)25(33)23-10-9-21(34-23)18-29-14-5-11-27-29/h2-5,7-11,14,22H,6,12-13,15-18H2,1H3,(H,26,32). The number of hydrogen-bond acceptors (Lipinski definition) is 5. The molecule has 9 nitrogen and oxygen atoms in total. The molecular formula is C25H29N5O4. The van der Waals surface area contributed by atoms with Crippen LogP contribution < -0.4 is 5.32 Å². The van der Waals surface area contributed by atoms with Gasteiger partial charge in [0.2, 0.25) is 11.8 Å². The molecule has 34 heavy (non-hydrogen) atoms. The first-order chi connectivity index (χ1) is 16.5. The van der Waals surface area contributed by atoms with E-state index in [-0.39, 0.29) is 35.9 Å². The molecule has 3 heterocycles. The number of rotatable bonds is 4. The fourth-order valence-electron chi connectivity index (χ4n) is 4.23. The van der Waals surface area contributed by atoms with Crippen LogP contribution in [0, 0.1) is 0 Å². The van der Waals surface area contributed by atoms with Crippen LogP contribution in [0.15, 0.2) is 65.3 Å². The molecule has 1 aliphatic rings. The average molecular weight is 464 g/mol. The molecule has 3 amide bonds. The molecule has 1 saturated heterocycles. The molecule has 1 atom stereocenters. The van der Waals surface area contributed by atoms with Crippen LogP contribution in [0.2, 0.25) is 0 Å². The second-order valence-corrected chi connectivity index (χ2v) is 8.31. The van der Waals surface area contributed by atoms with Crippen molar-refractivity contribution >= 4 is 17.7 Å². The number of carbonyl (C=O) groups is 3. The molecule has 0 spiro atoms. The van der Waals surface area contributed by atoms with E-state index in [0.717, 1.165) is 5.56 Å². The van der Waals surface area contributed by atoms with Crippen molar-refractivity contribution in [2.75, 3.05) is 26.2 Å². The first kappa shape index (κ1) is 23.3. The lowest BCUT2D eigenvalue weighted by atomic mass is 10.0. The summed E-state index contributed by atoms with van der Waals surface area (Å²) in [6.07, 6.45) is 4.27. The average Bonchev–Trinajstić information content (AvgIpc) is 3.51. The Morgan fingerprint density at radius 3 is 2.65 bits per heavy atom. The zero-order valence-electron chi connectivity index (χ0n) is 19.2. The minimum absolute atomic E-state index is 0.104. The van der Waals surface area contributed by atoms with Crippen LogP contribution in [-0.2, 0) is 16.1 Å². The largest absolute Gasteiger partial charge is 0.454 e. The van der Waals surface area contributed by atoms with Crippen molar-refractivity contribution in [1.82, 2.24) is 24.9 Å². The molecule has 0 bridgehead atoms. The van der Waals surface area contributed by atoms with Gasteiger partial charge in [0.05, 0.1) is 19.0 Å². The van der Waals surface area contributed by atoms with E-state index in [0.29, 0.717) is 44.9 Å². The second-order valence-electron chi connectivity index (χ2n) is 8.31. The highest BCUT2D eigenvalue weighted by molar-refractivity contribution is 5.91. The van der Waals surface area contributed by atoms with Gasteiger partial charge in [0, 0.05) is 45.5 Å². The van der Waals surface area contributed by atoms with Crippen LogP contribution in [0.4, 0.5) is 0 Å². The van der Waals surface area contributed by atoms with Gasteiger partial charge in [-0.25, -0.2) is 0 Å². The van der Waals surface area contributed by atoms with Gasteiger partial charge in [0.15, 0.2) is 5.76 Å². The van der Waals surface area contributed by atoms with Gasteiger partial charge in [-0.05, 0) is 30.2 Å². The van der Waals surface area contributed by atoms with Crippen molar-refractivity contribution in [2.45, 2.75) is 32.4 Å². The number of nitrogens with zero attached hydrogens (tertiary/aromatic N) is 4. The van der Waals surface area contributed by atoms with E-state index >= 15 is 0 Å². The van der Waals surface area contributed by atoms with Crippen molar-refractivity contribution in [3.05, 3.63) is 78.0 Å². The Morgan fingerprint density at radius 1 is 1.09 bits per heavy atom. The van der Waals surface area contributed by atoms with Gasteiger partial charge < -0.3 is 19.5 Å². The maximum absolute atomic E-state index is 13.2. The van der Waals surface area contributed by atoms with E-state index < -0.39 is 0 Å². The number of furan rings is 1. The van der Waals surface area contributed by atoms with Crippen molar-refractivity contribution in [3.63, 3.8) is 0 Å². The van der Waals surface area contributed by atoms with Crippen LogP contribution in [-0.4, -0.2) is 63.5 Å². The zero-order valence-corrected chi connectivity index (χ0v) is 19.2. The molecule has 2 aromatic heterocycles. The van der Waals surface area contributed by atoms with Gasteiger partial charge in [0.25, 0.3) is 5.91 Å². The first-order valence-electron chi connectivity index (χ1n) is 11.5. The third kappa shape index (κ3) is 5.72. The minimum Gasteiger partial charge on any atom is -0.454 e. The van der Waals surface area contributed by atoms with Crippen LogP contribution >= 0.6 is 0 Å². The number of carbonyl (C=O) groups excluding carboxylic acids is 3. The fourth-order valence-corrected chi connectivity index (χ4v) is 4.23. The maximum Gasteiger partial charge on any atom is 0.289 e. The van der Waals surface area contributed by atoms with E-state index in [1.165, 1.54) is 6.92 Å². The Labute approximate surface area is 198 Å². The third-order valence-corrected chi connectivity index (χ3v) is 5.91. The Balaban J connectivity index is 1.48. The monoisotopic (exact) mass is 463 g/mol. The number of aromatic nitrogens is 2. The molecule has 178 valence electrons. The SMILES string of the molecule is CC(=O)N1CCCN(C(=O)c2ccc(Cn3cccn3)o2)CCNC(=O)CC1c1ccccc1. The van der Waals surface area contributed by atoms with Gasteiger partial charge >= 0.3 is 0 Å². The summed E-state index contributed by atoms with van der Waals surface area (Å²) in [5, 5.41) is 7.05. The van der Waals surface area contributed by atoms with Crippen LogP contribution in [0.3, 0.4) is 0 Å². The minimum atomic E-state index is -0.351. The van der Waals surface area contributed by atoms with Crippen molar-refractivity contribution in [2.24, 2.45) is 0 Å². The van der Waals surface area contributed by atoms with Crippen LogP contribution in [0.25, 0.3) is 0 Å². The van der Waals surface area contributed by atoms with E-state index in [9.17, 15) is 14.4 Å². The number of hydrogen-bond donors (Lipinski definition) is 1. The van der Waals surface area contributed by atoms with E-state index in [2.05, 4.69) is 10.4 Å². The van der Waals surface area contributed by atoms with Gasteiger partial charge in [0.1, 0.15) is 5.76 Å². The highest BCUT2D eigenvalue weighted by Gasteiger charge is 2.27. The van der Waals surface area contributed by atoms with Crippen LogP contribution in [0.5, 0.6) is 0 Å². The van der Waals surface area contributed by atoms with Gasteiger partial charge in [-0.15, -0.1) is 0 Å². The van der Waals surface area contributed by atoms with Crippen molar-refractivity contribution in [3.8, 4) is 0 Å². The molecule has 1 N–H and O–H groups in total. The summed E-state index contributed by atoms with van der Waals surface area (Å²) in [4.78, 5) is 41.7. The van der Waals surface area contributed by atoms with Gasteiger partial charge in [-0.2, -0.15) is 5.10 Å². The lowest BCUT2D eigenvalue weighted by molar-refractivity contribution is -0.132. The van der Waals surface area contributed by atoms with Crippen molar-refractivity contribution < 1.29 is 18.8 Å². The molecular weight excluding hydrogens is 434 g/mol. The molecule has 1 aromatic carbocycles. The van der Waals surface area contributed by atoms with Crippen LogP contribution in [0.1, 0.15) is 47.7 Å². The highest BCUT2D eigenvalue weighted by Crippen LogP contribution is 2.25. The quantitative estimate of drug-likeness (QED) is 0.641. The molecule has 4 rings (SSSR count). The third-order valence-electron chi connectivity index (χ3n) is 5.91. The fraction of sp³-hybridized carbons (Fsp3) is 0.360. The van der Waals surface area contributed by atoms with Gasteiger partial charge in [-0.1, -0.05) is 30.3 Å². The smallest absolute Gasteiger partial charge is 0.289 e. The molecule has 1 aliphatic heterocycles.